The van der Waals surface area contributed by atoms with E-state index in [4.69, 9.17) is 15.5 Å². The van der Waals surface area contributed by atoms with Crippen LogP contribution in [-0.2, 0) is 4.57 Å². The van der Waals surface area contributed by atoms with Crippen molar-refractivity contribution in [1.29, 1.82) is 0 Å². The molecule has 115 valence electrons. The van der Waals surface area contributed by atoms with Gasteiger partial charge in [0.1, 0.15) is 5.84 Å². The molecule has 0 aliphatic heterocycles. The number of nitrogens with zero attached hydrogens (tertiary/aromatic N) is 1. The van der Waals surface area contributed by atoms with E-state index in [1.165, 1.54) is 38.5 Å². The number of hydrogen-bond acceptors (Lipinski definition) is 3. The molecular formula is C13H23N2NaO3PS. The zero-order valence-corrected chi connectivity index (χ0v) is 16.3. The summed E-state index contributed by atoms with van der Waals surface area (Å²) < 4.78 is 10.8. The first kappa shape index (κ1) is 18.3. The zero-order valence-electron chi connectivity index (χ0n) is 12.6. The Morgan fingerprint density at radius 3 is 2.10 bits per heavy atom. The Kier molecular flexibility index (Phi) is 5.96. The minimum Gasteiger partial charge on any atom is -0.387 e. The van der Waals surface area contributed by atoms with Gasteiger partial charge in [-0.3, -0.25) is 4.99 Å². The average molecular weight is 341 g/mol. The van der Waals surface area contributed by atoms with Crippen LogP contribution in [0.2, 0.25) is 0 Å². The summed E-state index contributed by atoms with van der Waals surface area (Å²) in [6.07, 6.45) is 8.07. The molecule has 0 atom stereocenters. The predicted octanol–water partition coefficient (Wildman–Crippen LogP) is 2.01. The van der Waals surface area contributed by atoms with Gasteiger partial charge in [0.05, 0.1) is 5.75 Å². The number of amidine groups is 1. The molecule has 5 nitrogen and oxygen atoms in total. The number of hydrogen-bond donors (Lipinski definition) is 3. The minimum absolute atomic E-state index is 0. The van der Waals surface area contributed by atoms with Gasteiger partial charge >= 0.3 is 6.80 Å². The largest absolute Gasteiger partial charge is 0.387 e. The second kappa shape index (κ2) is 6.84. The average Bonchev–Trinajstić information content (AvgIpc) is 2.31. The van der Waals surface area contributed by atoms with E-state index < -0.39 is 6.80 Å². The first-order chi connectivity index (χ1) is 9.34. The molecule has 4 rings (SSSR count). The molecule has 8 heteroatoms. The van der Waals surface area contributed by atoms with Crippen LogP contribution < -0.4 is 5.73 Å². The summed E-state index contributed by atoms with van der Waals surface area (Å²) in [5, 5.41) is 0. The van der Waals surface area contributed by atoms with E-state index in [0.717, 1.165) is 24.3 Å². The van der Waals surface area contributed by atoms with Gasteiger partial charge in [0.15, 0.2) is 0 Å². The normalized spacial score (nSPS) is 38.4. The number of nitrogens with two attached hydrogens (primary N) is 1. The summed E-state index contributed by atoms with van der Waals surface area (Å²) >= 11 is 0.570. The van der Waals surface area contributed by atoms with Crippen LogP contribution in [0.3, 0.4) is 0 Å². The fourth-order valence-corrected chi connectivity index (χ4v) is 6.24. The van der Waals surface area contributed by atoms with Crippen molar-refractivity contribution in [1.82, 2.24) is 0 Å². The Morgan fingerprint density at radius 2 is 1.67 bits per heavy atom. The van der Waals surface area contributed by atoms with Crippen molar-refractivity contribution < 1.29 is 14.4 Å². The Labute approximate surface area is 152 Å². The van der Waals surface area contributed by atoms with E-state index in [0.29, 0.717) is 22.6 Å². The zero-order chi connectivity index (χ0) is 14.4. The van der Waals surface area contributed by atoms with Crippen molar-refractivity contribution in [2.45, 2.75) is 38.5 Å². The van der Waals surface area contributed by atoms with Gasteiger partial charge in [-0.1, -0.05) is 0 Å². The molecule has 0 saturated heterocycles. The van der Waals surface area contributed by atoms with Crippen LogP contribution in [0.5, 0.6) is 0 Å². The van der Waals surface area contributed by atoms with Gasteiger partial charge in [-0.25, -0.2) is 4.57 Å². The van der Waals surface area contributed by atoms with Crippen LogP contribution in [0, 0.1) is 23.2 Å². The van der Waals surface area contributed by atoms with Crippen molar-refractivity contribution in [3.63, 3.8) is 0 Å². The molecule has 0 aromatic rings. The minimum atomic E-state index is -4.05. The molecule has 21 heavy (non-hydrogen) atoms. The van der Waals surface area contributed by atoms with E-state index in [9.17, 15) is 4.57 Å². The van der Waals surface area contributed by atoms with Crippen LogP contribution >= 0.6 is 18.2 Å². The molecule has 4 fully saturated rings. The van der Waals surface area contributed by atoms with Gasteiger partial charge in [-0.2, -0.15) is 0 Å². The molecule has 0 unspecified atom stereocenters. The van der Waals surface area contributed by atoms with E-state index >= 15 is 0 Å². The van der Waals surface area contributed by atoms with Crippen molar-refractivity contribution >= 4 is 53.6 Å². The molecule has 4 aliphatic rings. The van der Waals surface area contributed by atoms with Crippen molar-refractivity contribution in [3.05, 3.63) is 0 Å². The van der Waals surface area contributed by atoms with Gasteiger partial charge in [0, 0.05) is 36.1 Å². The van der Waals surface area contributed by atoms with Gasteiger partial charge in [-0.05, 0) is 73.1 Å². The third-order valence-corrected chi connectivity index (χ3v) is 7.32. The Balaban J connectivity index is 0.00000161. The molecule has 4 N–H and O–H groups in total. The topological polar surface area (TPSA) is 95.9 Å². The first-order valence-corrected chi connectivity index (χ1v) is 10.5. The fraction of sp³-hybridized carbons (Fsp3) is 0.923. The maximum atomic E-state index is 10.8. The van der Waals surface area contributed by atoms with E-state index in [1.54, 1.807) is 0 Å². The molecule has 0 aromatic heterocycles. The van der Waals surface area contributed by atoms with Crippen molar-refractivity contribution in [2.24, 2.45) is 33.9 Å². The van der Waals surface area contributed by atoms with Gasteiger partial charge < -0.3 is 15.5 Å². The van der Waals surface area contributed by atoms with E-state index in [-0.39, 0.29) is 35.3 Å². The van der Waals surface area contributed by atoms with E-state index in [2.05, 4.69) is 4.99 Å². The second-order valence-corrected chi connectivity index (χ2v) is 10.7. The standard InChI is InChI=1S/C13H23N2O3PS.Na/c14-12(7-20-19(16,17)18)15-8-13-4-9-1-10(5-13)3-11(2-9)6-13;/h9-11H,1-8H2,(H2,14,15)(H2,16,17,18);. The van der Waals surface area contributed by atoms with Crippen molar-refractivity contribution in [2.75, 3.05) is 12.3 Å². The summed E-state index contributed by atoms with van der Waals surface area (Å²) in [6, 6.07) is 0. The van der Waals surface area contributed by atoms with Gasteiger partial charge in [0.25, 0.3) is 0 Å². The quantitative estimate of drug-likeness (QED) is 0.308. The summed E-state index contributed by atoms with van der Waals surface area (Å²) in [5.41, 5.74) is 6.14. The van der Waals surface area contributed by atoms with E-state index in [1.807, 2.05) is 0 Å². The summed E-state index contributed by atoms with van der Waals surface area (Å²) in [5.74, 6) is 3.16. The third kappa shape index (κ3) is 4.72. The monoisotopic (exact) mass is 341 g/mol. The molecule has 4 bridgehead atoms. The Hall–Kier alpha value is 0.970. The third-order valence-electron chi connectivity index (χ3n) is 5.16. The van der Waals surface area contributed by atoms with Crippen LogP contribution in [-0.4, -0.2) is 57.5 Å². The van der Waals surface area contributed by atoms with Crippen LogP contribution in [0.1, 0.15) is 38.5 Å². The molecule has 0 heterocycles. The summed E-state index contributed by atoms with van der Waals surface area (Å²) in [4.78, 5) is 22.1. The van der Waals surface area contributed by atoms with Crippen molar-refractivity contribution in [3.8, 4) is 0 Å². The number of rotatable bonds is 5. The SMILES string of the molecule is NC(CSP(=O)(O)O)=NCC12CC3CC(CC(C3)C1)C2.[Na]. The summed E-state index contributed by atoms with van der Waals surface area (Å²) in [7, 11) is 0. The maximum absolute atomic E-state index is 10.8. The molecule has 1 radical (unpaired) electrons. The Morgan fingerprint density at radius 1 is 1.19 bits per heavy atom. The van der Waals surface area contributed by atoms with Crippen LogP contribution in [0.25, 0.3) is 0 Å². The molecule has 0 aromatic carbocycles. The smallest absolute Gasteiger partial charge is 0.384 e. The second-order valence-electron chi connectivity index (χ2n) is 6.99. The molecular weight excluding hydrogens is 318 g/mol. The summed E-state index contributed by atoms with van der Waals surface area (Å²) in [6.45, 7) is -3.29. The Bertz CT molecular complexity index is 433. The maximum Gasteiger partial charge on any atom is 0.384 e. The first-order valence-electron chi connectivity index (χ1n) is 7.32. The van der Waals surface area contributed by atoms with Gasteiger partial charge in [0.2, 0.25) is 0 Å². The molecule has 4 aliphatic carbocycles. The van der Waals surface area contributed by atoms with Crippen LogP contribution in [0.4, 0.5) is 0 Å². The van der Waals surface area contributed by atoms with Crippen LogP contribution in [0.15, 0.2) is 4.99 Å². The van der Waals surface area contributed by atoms with Gasteiger partial charge in [-0.15, -0.1) is 0 Å². The fourth-order valence-electron chi connectivity index (χ4n) is 4.95. The molecule has 0 amide bonds. The molecule has 4 saturated carbocycles. The molecule has 0 spiro atoms. The number of aliphatic imine (C=N–C) groups is 1. The predicted molar refractivity (Wildman–Crippen MR) is 87.4 cm³/mol.